The number of hydrogen-bond donors (Lipinski definition) is 0. The van der Waals surface area contributed by atoms with Crippen molar-refractivity contribution in [1.29, 1.82) is 0 Å². The molecule has 2 nitrogen and oxygen atoms in total. The van der Waals surface area contributed by atoms with E-state index in [4.69, 9.17) is 0 Å². The van der Waals surface area contributed by atoms with Crippen molar-refractivity contribution in [3.8, 4) is 50.2 Å². The van der Waals surface area contributed by atoms with Gasteiger partial charge in [-0.1, -0.05) is 157 Å². The molecule has 0 radical (unpaired) electrons. The fourth-order valence-corrected chi connectivity index (χ4v) is 8.41. The summed E-state index contributed by atoms with van der Waals surface area (Å²) in [6.07, 6.45) is 0. The van der Waals surface area contributed by atoms with Gasteiger partial charge in [-0.05, 0) is 131 Å². The van der Waals surface area contributed by atoms with Crippen LogP contribution in [0.4, 0.5) is 17.1 Å². The standard InChI is InChI=1S/C56H42N2/c1-39-17-35-55-53(37-39)54-38-40(2)18-36-56(54)58(55)50-31-23-44(24-32-50)43-21-29-48(30-22-43)57(47-27-19-42(20-28-47)41-11-5-3-6-12-41)49-33-25-46(26-34-49)52-16-10-9-15-51(52)45-13-7-4-8-14-45/h3-38H,1-2H3. The number of fused-ring (bicyclic) bond motifs is 3. The lowest BCUT2D eigenvalue weighted by atomic mass is 9.94. The monoisotopic (exact) mass is 742 g/mol. The molecule has 1 aromatic heterocycles. The summed E-state index contributed by atoms with van der Waals surface area (Å²) in [6.45, 7) is 4.34. The summed E-state index contributed by atoms with van der Waals surface area (Å²) in [5.74, 6) is 0. The molecule has 0 spiro atoms. The predicted octanol–water partition coefficient (Wildman–Crippen LogP) is 15.5. The van der Waals surface area contributed by atoms with E-state index in [2.05, 4.69) is 242 Å². The number of anilines is 3. The topological polar surface area (TPSA) is 8.17 Å². The average molecular weight is 743 g/mol. The second kappa shape index (κ2) is 14.9. The van der Waals surface area contributed by atoms with Crippen molar-refractivity contribution in [2.75, 3.05) is 4.90 Å². The van der Waals surface area contributed by atoms with Gasteiger partial charge in [-0.2, -0.15) is 0 Å². The van der Waals surface area contributed by atoms with Gasteiger partial charge in [0, 0.05) is 33.5 Å². The van der Waals surface area contributed by atoms with Crippen LogP contribution in [0.1, 0.15) is 11.1 Å². The molecule has 0 saturated carbocycles. The van der Waals surface area contributed by atoms with E-state index < -0.39 is 0 Å². The molecule has 0 aliphatic carbocycles. The van der Waals surface area contributed by atoms with E-state index in [0.29, 0.717) is 0 Å². The van der Waals surface area contributed by atoms with Gasteiger partial charge in [0.1, 0.15) is 0 Å². The summed E-state index contributed by atoms with van der Waals surface area (Å²) in [5, 5.41) is 2.59. The van der Waals surface area contributed by atoms with Gasteiger partial charge >= 0.3 is 0 Å². The predicted molar refractivity (Wildman–Crippen MR) is 247 cm³/mol. The first-order valence-corrected chi connectivity index (χ1v) is 20.0. The lowest BCUT2D eigenvalue weighted by Crippen LogP contribution is -2.09. The molecule has 0 fully saturated rings. The Kier molecular flexibility index (Phi) is 9.01. The third-order valence-corrected chi connectivity index (χ3v) is 11.3. The van der Waals surface area contributed by atoms with Crippen LogP contribution in [0.2, 0.25) is 0 Å². The minimum atomic E-state index is 1.10. The Labute approximate surface area is 340 Å². The van der Waals surface area contributed by atoms with Crippen LogP contribution >= 0.6 is 0 Å². The summed E-state index contributed by atoms with van der Waals surface area (Å²) in [4.78, 5) is 2.35. The summed E-state index contributed by atoms with van der Waals surface area (Å²) in [6, 6.07) is 79.2. The van der Waals surface area contributed by atoms with E-state index in [-0.39, 0.29) is 0 Å². The molecule has 0 saturated heterocycles. The number of nitrogens with zero attached hydrogens (tertiary/aromatic N) is 2. The molecule has 9 aromatic carbocycles. The summed E-state index contributed by atoms with van der Waals surface area (Å²) in [7, 11) is 0. The molecule has 1 heterocycles. The lowest BCUT2D eigenvalue weighted by Gasteiger charge is -2.26. The van der Waals surface area contributed by atoms with Gasteiger partial charge in [0.15, 0.2) is 0 Å². The number of aromatic nitrogens is 1. The molecule has 0 atom stereocenters. The van der Waals surface area contributed by atoms with E-state index >= 15 is 0 Å². The van der Waals surface area contributed by atoms with Crippen LogP contribution in [0.15, 0.2) is 218 Å². The summed E-state index contributed by atoms with van der Waals surface area (Å²) < 4.78 is 2.39. The number of aryl methyl sites for hydroxylation is 2. The molecule has 10 rings (SSSR count). The highest BCUT2D eigenvalue weighted by Crippen LogP contribution is 2.40. The van der Waals surface area contributed by atoms with Gasteiger partial charge in [-0.25, -0.2) is 0 Å². The molecule has 0 aliphatic rings. The fraction of sp³-hybridized carbons (Fsp3) is 0.0357. The molecule has 0 amide bonds. The van der Waals surface area contributed by atoms with Crippen LogP contribution in [0.25, 0.3) is 72.0 Å². The zero-order valence-electron chi connectivity index (χ0n) is 32.7. The Bertz CT molecular complexity index is 2950. The second-order valence-corrected chi connectivity index (χ2v) is 15.2. The van der Waals surface area contributed by atoms with Crippen LogP contribution in [0, 0.1) is 13.8 Å². The van der Waals surface area contributed by atoms with Crippen molar-refractivity contribution >= 4 is 38.9 Å². The van der Waals surface area contributed by atoms with Gasteiger partial charge in [-0.15, -0.1) is 0 Å². The van der Waals surface area contributed by atoms with Gasteiger partial charge in [0.05, 0.1) is 11.0 Å². The Hall–Kier alpha value is -7.42. The quantitative estimate of drug-likeness (QED) is 0.150. The molecular formula is C56H42N2. The Balaban J connectivity index is 0.994. The maximum atomic E-state index is 2.39. The first-order chi connectivity index (χ1) is 28.6. The molecule has 0 N–H and O–H groups in total. The Morgan fingerprint density at radius 3 is 1.10 bits per heavy atom. The van der Waals surface area contributed by atoms with E-state index in [0.717, 1.165) is 22.7 Å². The summed E-state index contributed by atoms with van der Waals surface area (Å²) in [5.41, 5.74) is 19.1. The van der Waals surface area contributed by atoms with Crippen LogP contribution in [-0.2, 0) is 0 Å². The zero-order valence-corrected chi connectivity index (χ0v) is 32.7. The molecule has 276 valence electrons. The number of hydrogen-bond acceptors (Lipinski definition) is 1. The molecule has 0 unspecified atom stereocenters. The highest BCUT2D eigenvalue weighted by molar-refractivity contribution is 6.09. The van der Waals surface area contributed by atoms with Gasteiger partial charge in [-0.3, -0.25) is 0 Å². The smallest absolute Gasteiger partial charge is 0.0541 e. The van der Waals surface area contributed by atoms with Crippen molar-refractivity contribution in [2.24, 2.45) is 0 Å². The van der Waals surface area contributed by atoms with E-state index in [1.807, 2.05) is 0 Å². The van der Waals surface area contributed by atoms with Crippen LogP contribution in [-0.4, -0.2) is 4.57 Å². The molecule has 10 aromatic rings. The second-order valence-electron chi connectivity index (χ2n) is 15.2. The molecule has 58 heavy (non-hydrogen) atoms. The maximum absolute atomic E-state index is 2.39. The third kappa shape index (κ3) is 6.55. The Morgan fingerprint density at radius 2 is 0.655 bits per heavy atom. The fourth-order valence-electron chi connectivity index (χ4n) is 8.41. The Morgan fingerprint density at radius 1 is 0.310 bits per heavy atom. The first-order valence-electron chi connectivity index (χ1n) is 20.0. The van der Waals surface area contributed by atoms with Crippen molar-refractivity contribution in [3.05, 3.63) is 230 Å². The van der Waals surface area contributed by atoms with Gasteiger partial charge in [0.25, 0.3) is 0 Å². The van der Waals surface area contributed by atoms with E-state index in [1.165, 1.54) is 77.4 Å². The van der Waals surface area contributed by atoms with Crippen LogP contribution < -0.4 is 4.90 Å². The largest absolute Gasteiger partial charge is 0.311 e. The zero-order chi connectivity index (χ0) is 39.0. The highest BCUT2D eigenvalue weighted by Gasteiger charge is 2.16. The maximum Gasteiger partial charge on any atom is 0.0541 e. The van der Waals surface area contributed by atoms with Crippen LogP contribution in [0.5, 0.6) is 0 Å². The molecule has 0 aliphatic heterocycles. The first kappa shape index (κ1) is 35.0. The number of rotatable bonds is 8. The van der Waals surface area contributed by atoms with E-state index in [1.54, 1.807) is 0 Å². The highest BCUT2D eigenvalue weighted by atomic mass is 15.1. The van der Waals surface area contributed by atoms with Crippen molar-refractivity contribution in [3.63, 3.8) is 0 Å². The van der Waals surface area contributed by atoms with Crippen molar-refractivity contribution in [2.45, 2.75) is 13.8 Å². The minimum absolute atomic E-state index is 1.10. The average Bonchev–Trinajstić information content (AvgIpc) is 3.60. The van der Waals surface area contributed by atoms with Crippen molar-refractivity contribution in [1.82, 2.24) is 4.57 Å². The van der Waals surface area contributed by atoms with E-state index in [9.17, 15) is 0 Å². The van der Waals surface area contributed by atoms with Gasteiger partial charge in [0.2, 0.25) is 0 Å². The third-order valence-electron chi connectivity index (χ3n) is 11.3. The minimum Gasteiger partial charge on any atom is -0.311 e. The SMILES string of the molecule is Cc1ccc2c(c1)c1cc(C)ccc1n2-c1ccc(-c2ccc(N(c3ccc(-c4ccccc4)cc3)c3ccc(-c4ccccc4-c4ccccc4)cc3)cc2)cc1. The molecular weight excluding hydrogens is 701 g/mol. The van der Waals surface area contributed by atoms with Crippen molar-refractivity contribution < 1.29 is 0 Å². The van der Waals surface area contributed by atoms with Crippen LogP contribution in [0.3, 0.4) is 0 Å². The number of benzene rings is 9. The molecule has 2 heteroatoms. The van der Waals surface area contributed by atoms with Gasteiger partial charge < -0.3 is 9.47 Å². The summed E-state index contributed by atoms with van der Waals surface area (Å²) >= 11 is 0. The normalized spacial score (nSPS) is 11.3. The lowest BCUT2D eigenvalue weighted by molar-refractivity contribution is 1.18. The molecule has 0 bridgehead atoms.